The highest BCUT2D eigenvalue weighted by Crippen LogP contribution is 2.28. The lowest BCUT2D eigenvalue weighted by molar-refractivity contribution is -0.124. The third kappa shape index (κ3) is 4.80. The molecule has 1 amide bonds. The van der Waals surface area contributed by atoms with Gasteiger partial charge in [-0.3, -0.25) is 4.79 Å². The number of carbonyl (C=O) groups excluding carboxylic acids is 2. The Balaban J connectivity index is 1.41. The molecule has 1 N–H and O–H groups in total. The number of carbonyl (C=O) groups is 2. The first-order valence-electron chi connectivity index (χ1n) is 9.94. The van der Waals surface area contributed by atoms with Crippen LogP contribution in [0.15, 0.2) is 59.0 Å². The van der Waals surface area contributed by atoms with Crippen molar-refractivity contribution in [2.75, 3.05) is 19.8 Å². The SMILES string of the molecule is O=C(COC(=O)c1oc2ccccc2c1COc1ccccc1)NC[C@H]1CCCO1. The van der Waals surface area contributed by atoms with E-state index in [1.807, 2.05) is 48.5 Å². The van der Waals surface area contributed by atoms with Gasteiger partial charge < -0.3 is 23.9 Å². The first-order chi connectivity index (χ1) is 14.7. The lowest BCUT2D eigenvalue weighted by Crippen LogP contribution is -2.34. The fraction of sp³-hybridized carbons (Fsp3) is 0.304. The zero-order chi connectivity index (χ0) is 20.8. The van der Waals surface area contributed by atoms with E-state index in [2.05, 4.69) is 5.32 Å². The van der Waals surface area contributed by atoms with Crippen molar-refractivity contribution in [3.63, 3.8) is 0 Å². The Bertz CT molecular complexity index is 1010. The first kappa shape index (κ1) is 20.0. The van der Waals surface area contributed by atoms with E-state index in [1.54, 1.807) is 6.07 Å². The molecule has 1 atom stereocenters. The molecule has 1 saturated heterocycles. The summed E-state index contributed by atoms with van der Waals surface area (Å²) in [6.45, 7) is 0.880. The molecule has 7 nitrogen and oxygen atoms in total. The van der Waals surface area contributed by atoms with Crippen LogP contribution >= 0.6 is 0 Å². The molecule has 1 fully saturated rings. The van der Waals surface area contributed by atoms with Crippen molar-refractivity contribution in [2.24, 2.45) is 0 Å². The molecule has 2 heterocycles. The van der Waals surface area contributed by atoms with Gasteiger partial charge in [0.15, 0.2) is 6.61 Å². The molecule has 1 aliphatic rings. The zero-order valence-corrected chi connectivity index (χ0v) is 16.5. The van der Waals surface area contributed by atoms with Crippen molar-refractivity contribution in [2.45, 2.75) is 25.6 Å². The van der Waals surface area contributed by atoms with Crippen molar-refractivity contribution < 1.29 is 28.2 Å². The molecule has 0 saturated carbocycles. The number of amides is 1. The molecule has 0 aliphatic carbocycles. The van der Waals surface area contributed by atoms with Gasteiger partial charge in [0.25, 0.3) is 5.91 Å². The quantitative estimate of drug-likeness (QED) is 0.574. The van der Waals surface area contributed by atoms with Gasteiger partial charge in [-0.05, 0) is 31.0 Å². The second-order valence-corrected chi connectivity index (χ2v) is 7.02. The topological polar surface area (TPSA) is 87.0 Å². The number of furan rings is 1. The van der Waals surface area contributed by atoms with Gasteiger partial charge in [-0.1, -0.05) is 36.4 Å². The number of hydrogen-bond acceptors (Lipinski definition) is 6. The maximum atomic E-state index is 12.6. The van der Waals surface area contributed by atoms with Crippen LogP contribution in [-0.4, -0.2) is 37.7 Å². The summed E-state index contributed by atoms with van der Waals surface area (Å²) < 4.78 is 22.2. The monoisotopic (exact) mass is 409 g/mol. The molecule has 2 aromatic carbocycles. The minimum atomic E-state index is -0.704. The van der Waals surface area contributed by atoms with E-state index in [0.717, 1.165) is 24.8 Å². The van der Waals surface area contributed by atoms with Crippen LogP contribution in [0.5, 0.6) is 5.75 Å². The maximum absolute atomic E-state index is 12.6. The largest absolute Gasteiger partial charge is 0.489 e. The Morgan fingerprint density at radius 1 is 1.07 bits per heavy atom. The standard InChI is InChI=1S/C23H23NO6/c25-21(24-13-17-9-6-12-27-17)15-29-23(26)22-19(14-28-16-7-2-1-3-8-16)18-10-4-5-11-20(18)30-22/h1-5,7-8,10-11,17H,6,9,12-15H2,(H,24,25)/t17-/m1/s1. The fourth-order valence-corrected chi connectivity index (χ4v) is 3.36. The Morgan fingerprint density at radius 2 is 1.87 bits per heavy atom. The highest BCUT2D eigenvalue weighted by atomic mass is 16.5. The smallest absolute Gasteiger partial charge is 0.375 e. The van der Waals surface area contributed by atoms with Gasteiger partial charge in [0, 0.05) is 18.5 Å². The van der Waals surface area contributed by atoms with Gasteiger partial charge in [0.1, 0.15) is 17.9 Å². The number of benzene rings is 2. The van der Waals surface area contributed by atoms with Crippen LogP contribution in [-0.2, 0) is 20.9 Å². The Kier molecular flexibility index (Phi) is 6.29. The van der Waals surface area contributed by atoms with Crippen molar-refractivity contribution >= 4 is 22.8 Å². The molecule has 1 aromatic heterocycles. The first-order valence-corrected chi connectivity index (χ1v) is 9.94. The number of hydrogen-bond donors (Lipinski definition) is 1. The van der Waals surface area contributed by atoms with Gasteiger partial charge in [-0.15, -0.1) is 0 Å². The maximum Gasteiger partial charge on any atom is 0.375 e. The summed E-state index contributed by atoms with van der Waals surface area (Å²) in [6.07, 6.45) is 1.95. The van der Waals surface area contributed by atoms with Gasteiger partial charge in [-0.25, -0.2) is 4.79 Å². The minimum Gasteiger partial charge on any atom is -0.489 e. The molecule has 1 aliphatic heterocycles. The Labute approximate surface area is 173 Å². The average molecular weight is 409 g/mol. The van der Waals surface area contributed by atoms with Crippen molar-refractivity contribution in [1.29, 1.82) is 0 Å². The summed E-state index contributed by atoms with van der Waals surface area (Å²) in [7, 11) is 0. The molecule has 0 unspecified atom stereocenters. The predicted molar refractivity (Wildman–Crippen MR) is 109 cm³/mol. The second kappa shape index (κ2) is 9.45. The molecule has 0 spiro atoms. The Hall–Kier alpha value is -3.32. The molecule has 30 heavy (non-hydrogen) atoms. The van der Waals surface area contributed by atoms with E-state index in [0.29, 0.717) is 23.4 Å². The molecule has 0 bridgehead atoms. The van der Waals surface area contributed by atoms with Crippen LogP contribution in [0.25, 0.3) is 11.0 Å². The summed E-state index contributed by atoms with van der Waals surface area (Å²) >= 11 is 0. The third-order valence-electron chi connectivity index (χ3n) is 4.90. The molecule has 3 aromatic rings. The number of nitrogens with one attached hydrogen (secondary N) is 1. The van der Waals surface area contributed by atoms with Crippen molar-refractivity contribution in [1.82, 2.24) is 5.32 Å². The zero-order valence-electron chi connectivity index (χ0n) is 16.5. The number of para-hydroxylation sites is 2. The van der Waals surface area contributed by atoms with Crippen LogP contribution in [0.3, 0.4) is 0 Å². The highest BCUT2D eigenvalue weighted by Gasteiger charge is 2.23. The fourth-order valence-electron chi connectivity index (χ4n) is 3.36. The lowest BCUT2D eigenvalue weighted by atomic mass is 10.1. The van der Waals surface area contributed by atoms with Crippen molar-refractivity contribution in [3.8, 4) is 5.75 Å². The van der Waals surface area contributed by atoms with E-state index in [1.165, 1.54) is 0 Å². The van der Waals surface area contributed by atoms with Gasteiger partial charge >= 0.3 is 5.97 Å². The predicted octanol–water partition coefficient (Wildman–Crippen LogP) is 3.46. The number of fused-ring (bicyclic) bond motifs is 1. The van der Waals surface area contributed by atoms with Crippen LogP contribution in [0.1, 0.15) is 29.0 Å². The highest BCUT2D eigenvalue weighted by molar-refractivity contribution is 5.96. The molecular formula is C23H23NO6. The summed E-state index contributed by atoms with van der Waals surface area (Å²) in [5.74, 6) is -0.364. The van der Waals surface area contributed by atoms with Crippen LogP contribution in [0.4, 0.5) is 0 Å². The molecule has 4 rings (SSSR count). The minimum absolute atomic E-state index is 0.0294. The summed E-state index contributed by atoms with van der Waals surface area (Å²) in [4.78, 5) is 24.6. The van der Waals surface area contributed by atoms with E-state index in [4.69, 9.17) is 18.6 Å². The van der Waals surface area contributed by atoms with E-state index in [-0.39, 0.29) is 31.0 Å². The summed E-state index contributed by atoms with van der Waals surface area (Å²) in [6, 6.07) is 16.6. The molecule has 0 radical (unpaired) electrons. The normalized spacial score (nSPS) is 15.8. The molecule has 7 heteroatoms. The lowest BCUT2D eigenvalue weighted by Gasteiger charge is -2.11. The Morgan fingerprint density at radius 3 is 2.67 bits per heavy atom. The molecule has 156 valence electrons. The number of ether oxygens (including phenoxy) is 3. The average Bonchev–Trinajstić information content (AvgIpc) is 3.43. The van der Waals surface area contributed by atoms with E-state index in [9.17, 15) is 9.59 Å². The van der Waals surface area contributed by atoms with E-state index >= 15 is 0 Å². The number of rotatable bonds is 8. The third-order valence-corrected chi connectivity index (χ3v) is 4.90. The molecular weight excluding hydrogens is 386 g/mol. The van der Waals surface area contributed by atoms with Crippen LogP contribution < -0.4 is 10.1 Å². The van der Waals surface area contributed by atoms with Crippen LogP contribution in [0.2, 0.25) is 0 Å². The van der Waals surface area contributed by atoms with Crippen molar-refractivity contribution in [3.05, 3.63) is 65.9 Å². The van der Waals surface area contributed by atoms with Gasteiger partial charge in [0.2, 0.25) is 5.76 Å². The second-order valence-electron chi connectivity index (χ2n) is 7.02. The number of esters is 1. The van der Waals surface area contributed by atoms with Crippen LogP contribution in [0, 0.1) is 0 Å². The van der Waals surface area contributed by atoms with E-state index < -0.39 is 5.97 Å². The summed E-state index contributed by atoms with van der Waals surface area (Å²) in [5, 5.41) is 3.49. The van der Waals surface area contributed by atoms with Gasteiger partial charge in [-0.2, -0.15) is 0 Å². The summed E-state index contributed by atoms with van der Waals surface area (Å²) in [5.41, 5.74) is 1.14. The van der Waals surface area contributed by atoms with Gasteiger partial charge in [0.05, 0.1) is 11.7 Å².